The quantitative estimate of drug-likeness (QED) is 0.266. The number of carbonyl (C=O) groups is 1. The molecule has 1 saturated carbocycles. The van der Waals surface area contributed by atoms with Crippen molar-refractivity contribution >= 4 is 5.97 Å². The topological polar surface area (TPSA) is 58.6 Å². The largest absolute Gasteiger partial charge is 1.00 e. The Labute approximate surface area is 101 Å². The summed E-state index contributed by atoms with van der Waals surface area (Å²) in [6.07, 6.45) is 1.15. The van der Waals surface area contributed by atoms with Gasteiger partial charge in [-0.25, -0.2) is 0 Å². The Morgan fingerprint density at radius 1 is 1.33 bits per heavy atom. The van der Waals surface area contributed by atoms with Crippen LogP contribution in [0, 0.1) is 17.3 Å². The molecule has 0 radical (unpaired) electrons. The molecule has 0 heterocycles. The molecule has 5 heteroatoms. The zero-order valence-corrected chi connectivity index (χ0v) is 9.55. The van der Waals surface area contributed by atoms with Crippen molar-refractivity contribution in [1.82, 2.24) is 0 Å². The van der Waals surface area contributed by atoms with E-state index in [0.717, 1.165) is 0 Å². The number of ether oxygens (including phenoxy) is 2. The van der Waals surface area contributed by atoms with E-state index < -0.39 is 11.8 Å². The van der Waals surface area contributed by atoms with Gasteiger partial charge >= 0.3 is 18.9 Å². The van der Waals surface area contributed by atoms with Crippen LogP contribution in [0.1, 0.15) is 19.8 Å². The number of carboxylic acids is 1. The average molecular weight is 204 g/mol. The third kappa shape index (κ3) is 3.26. The molecule has 0 saturated heterocycles. The molecule has 0 unspecified atom stereocenters. The second-order valence-corrected chi connectivity index (χ2v) is 3.77. The molecule has 4 nitrogen and oxygen atoms in total. The van der Waals surface area contributed by atoms with Gasteiger partial charge in [0.2, 0.25) is 0 Å². The summed E-state index contributed by atoms with van der Waals surface area (Å²) in [6, 6.07) is 0. The number of aliphatic carboxylic acids is 1. The minimum absolute atomic E-state index is 0. The first kappa shape index (κ1) is 14.5. The molecule has 0 atom stereocenters. The van der Waals surface area contributed by atoms with Gasteiger partial charge in [0, 0.05) is 32.5 Å². The van der Waals surface area contributed by atoms with Crippen LogP contribution in [0.5, 0.6) is 0 Å². The van der Waals surface area contributed by atoms with Crippen molar-refractivity contribution in [2.75, 3.05) is 14.2 Å². The second kappa shape index (κ2) is 5.05. The van der Waals surface area contributed by atoms with E-state index in [1.165, 1.54) is 0 Å². The van der Waals surface area contributed by atoms with Crippen LogP contribution in [-0.2, 0) is 14.3 Å². The van der Waals surface area contributed by atoms with Gasteiger partial charge in [0.25, 0.3) is 0 Å². The van der Waals surface area contributed by atoms with E-state index in [4.69, 9.17) is 9.47 Å². The first-order valence-electron chi connectivity index (χ1n) is 4.30. The molecular weight excluding hydrogens is 191 g/mol. The van der Waals surface area contributed by atoms with Gasteiger partial charge in [-0.15, -0.1) is 0 Å². The maximum atomic E-state index is 10.1. The van der Waals surface area contributed by atoms with Crippen molar-refractivity contribution in [3.8, 4) is 11.8 Å². The monoisotopic (exact) mass is 204 g/mol. The van der Waals surface area contributed by atoms with Crippen molar-refractivity contribution in [1.29, 1.82) is 0 Å². The van der Waals surface area contributed by atoms with Crippen LogP contribution < -0.4 is 24.0 Å². The van der Waals surface area contributed by atoms with Gasteiger partial charge in [0.05, 0.1) is 0 Å². The van der Waals surface area contributed by atoms with Gasteiger partial charge in [-0.3, -0.25) is 0 Å². The van der Waals surface area contributed by atoms with Crippen LogP contribution in [0.15, 0.2) is 0 Å². The van der Waals surface area contributed by atoms with Crippen LogP contribution in [0.4, 0.5) is 0 Å². The number of carbonyl (C=O) groups excluding carboxylic acids is 1. The van der Waals surface area contributed by atoms with E-state index in [1.807, 2.05) is 12.8 Å². The first-order valence-corrected chi connectivity index (χ1v) is 4.30. The molecule has 0 aromatic carbocycles. The summed E-state index contributed by atoms with van der Waals surface area (Å²) >= 11 is 0. The van der Waals surface area contributed by atoms with Gasteiger partial charge in [0.1, 0.15) is 5.97 Å². The summed E-state index contributed by atoms with van der Waals surface area (Å²) in [5, 5.41) is 10.1. The zero-order valence-electron chi connectivity index (χ0n) is 9.55. The molecule has 0 aliphatic heterocycles. The summed E-state index contributed by atoms with van der Waals surface area (Å²) in [5.41, 5.74) is -0.341. The van der Waals surface area contributed by atoms with E-state index in [2.05, 4.69) is 5.92 Å². The van der Waals surface area contributed by atoms with Crippen LogP contribution in [0.25, 0.3) is 0 Å². The maximum Gasteiger partial charge on any atom is 1.00 e. The predicted octanol–water partition coefficient (Wildman–Crippen LogP) is -3.47. The average Bonchev–Trinajstić information content (AvgIpc) is 2.10. The zero-order chi connectivity index (χ0) is 10.8. The fourth-order valence-electron chi connectivity index (χ4n) is 1.80. The number of methoxy groups -OCH3 is 2. The number of hydrogen-bond acceptors (Lipinski definition) is 4. The van der Waals surface area contributed by atoms with Gasteiger partial charge in [-0.2, -0.15) is 0 Å². The number of rotatable bonds is 2. The second-order valence-electron chi connectivity index (χ2n) is 3.77. The molecule has 0 spiro atoms. The van der Waals surface area contributed by atoms with E-state index in [1.54, 1.807) is 14.2 Å². The molecule has 0 N–H and O–H groups in total. The maximum absolute atomic E-state index is 10.1. The SMILES string of the molecule is COC1(OC)CC(C)(C#CC(=O)[O-])C1.[Li+]. The van der Waals surface area contributed by atoms with E-state index in [-0.39, 0.29) is 24.3 Å². The smallest absolute Gasteiger partial charge is 0.537 e. The minimum atomic E-state index is -1.35. The van der Waals surface area contributed by atoms with Crippen LogP contribution in [0.2, 0.25) is 0 Å². The summed E-state index contributed by atoms with van der Waals surface area (Å²) in [4.78, 5) is 10.1. The fourth-order valence-corrected chi connectivity index (χ4v) is 1.80. The third-order valence-electron chi connectivity index (χ3n) is 2.53. The van der Waals surface area contributed by atoms with E-state index in [9.17, 15) is 9.90 Å². The van der Waals surface area contributed by atoms with Gasteiger partial charge in [0.15, 0.2) is 5.79 Å². The normalized spacial score (nSPS) is 20.2. The van der Waals surface area contributed by atoms with Gasteiger partial charge < -0.3 is 19.4 Å². The minimum Gasteiger partial charge on any atom is -0.537 e. The molecular formula is C10H13LiO4. The van der Waals surface area contributed by atoms with Gasteiger partial charge in [-0.05, 0) is 12.8 Å². The van der Waals surface area contributed by atoms with Crippen molar-refractivity contribution in [2.45, 2.75) is 25.6 Å². The summed E-state index contributed by atoms with van der Waals surface area (Å²) < 4.78 is 10.3. The standard InChI is InChI=1S/C10H14O4.Li/c1-9(5-4-8(11)12)6-10(7-9,13-2)14-3;/h6-7H2,1-3H3,(H,11,12);/q;+1/p-1. The van der Waals surface area contributed by atoms with Crippen molar-refractivity contribution in [3.05, 3.63) is 0 Å². The van der Waals surface area contributed by atoms with E-state index >= 15 is 0 Å². The fraction of sp³-hybridized carbons (Fsp3) is 0.700. The molecule has 1 aliphatic rings. The van der Waals surface area contributed by atoms with Crippen LogP contribution in [0.3, 0.4) is 0 Å². The van der Waals surface area contributed by atoms with Crippen molar-refractivity contribution in [2.24, 2.45) is 5.41 Å². The first-order chi connectivity index (χ1) is 6.45. The summed E-state index contributed by atoms with van der Waals surface area (Å²) in [6.45, 7) is 1.87. The molecule has 0 amide bonds. The Balaban J connectivity index is 0.00000196. The molecule has 1 fully saturated rings. The summed E-state index contributed by atoms with van der Waals surface area (Å²) in [5.74, 6) is 2.73. The predicted molar refractivity (Wildman–Crippen MR) is 46.9 cm³/mol. The van der Waals surface area contributed by atoms with Crippen LogP contribution in [-0.4, -0.2) is 26.0 Å². The Kier molecular flexibility index (Phi) is 4.90. The van der Waals surface area contributed by atoms with Crippen molar-refractivity contribution < 1.29 is 38.2 Å². The Morgan fingerprint density at radius 3 is 2.13 bits per heavy atom. The molecule has 78 valence electrons. The number of carboxylic acid groups (broad SMARTS) is 1. The Hall–Kier alpha value is -0.453. The van der Waals surface area contributed by atoms with E-state index in [0.29, 0.717) is 12.8 Å². The van der Waals surface area contributed by atoms with Crippen LogP contribution >= 0.6 is 0 Å². The molecule has 0 aromatic rings. The Bertz CT molecular complexity index is 290. The molecule has 1 aliphatic carbocycles. The number of hydrogen-bond donors (Lipinski definition) is 0. The third-order valence-corrected chi connectivity index (χ3v) is 2.53. The Morgan fingerprint density at radius 2 is 1.80 bits per heavy atom. The molecule has 15 heavy (non-hydrogen) atoms. The molecule has 0 bridgehead atoms. The molecule has 1 rings (SSSR count). The van der Waals surface area contributed by atoms with Gasteiger partial charge in [-0.1, -0.05) is 5.92 Å². The van der Waals surface area contributed by atoms with Crippen molar-refractivity contribution in [3.63, 3.8) is 0 Å². The molecule has 0 aromatic heterocycles. The summed E-state index contributed by atoms with van der Waals surface area (Å²) in [7, 11) is 3.13.